The van der Waals surface area contributed by atoms with Gasteiger partial charge in [-0.3, -0.25) is 0 Å². The summed E-state index contributed by atoms with van der Waals surface area (Å²) in [7, 11) is -2.73. The monoisotopic (exact) mass is 220 g/mol. The minimum absolute atomic E-state index is 0.386. The normalized spacial score (nSPS) is 11.9. The Morgan fingerprint density at radius 1 is 0.714 bits per heavy atom. The Balaban J connectivity index is 3.46. The molecule has 0 radical (unpaired) electrons. The molecule has 0 aliphatic carbocycles. The fourth-order valence-electron chi connectivity index (χ4n) is 1.39. The number of unbranched alkanes of at least 4 members (excludes halogenated alkanes) is 5. The average molecular weight is 220 g/mol. The second kappa shape index (κ2) is 8.27. The first-order valence-corrected chi connectivity index (χ1v) is 7.65. The first-order valence-electron chi connectivity index (χ1n) is 5.82. The highest BCUT2D eigenvalue weighted by Crippen LogP contribution is 2.06. The van der Waals surface area contributed by atoms with Crippen molar-refractivity contribution >= 4 is 9.84 Å². The Morgan fingerprint density at radius 2 is 1.21 bits per heavy atom. The van der Waals surface area contributed by atoms with Gasteiger partial charge >= 0.3 is 0 Å². The lowest BCUT2D eigenvalue weighted by atomic mass is 10.2. The number of sulfone groups is 1. The molecule has 2 nitrogen and oxygen atoms in total. The van der Waals surface area contributed by atoms with Crippen LogP contribution >= 0.6 is 0 Å². The highest BCUT2D eigenvalue weighted by molar-refractivity contribution is 7.91. The predicted molar refractivity (Wildman–Crippen MR) is 62.3 cm³/mol. The van der Waals surface area contributed by atoms with E-state index >= 15 is 0 Å². The molecule has 0 saturated carbocycles. The van der Waals surface area contributed by atoms with Crippen molar-refractivity contribution in [1.82, 2.24) is 0 Å². The highest BCUT2D eigenvalue weighted by Gasteiger charge is 2.08. The van der Waals surface area contributed by atoms with Gasteiger partial charge in [0.2, 0.25) is 0 Å². The Labute approximate surface area is 89.0 Å². The van der Waals surface area contributed by atoms with Gasteiger partial charge in [-0.1, -0.05) is 46.0 Å². The van der Waals surface area contributed by atoms with E-state index in [9.17, 15) is 8.42 Å². The second-order valence-corrected chi connectivity index (χ2v) is 6.22. The van der Waals surface area contributed by atoms with Gasteiger partial charge in [0.1, 0.15) is 9.84 Å². The summed E-state index contributed by atoms with van der Waals surface area (Å²) in [5.74, 6) is 0.786. The van der Waals surface area contributed by atoms with Gasteiger partial charge in [0.05, 0.1) is 11.5 Å². The topological polar surface area (TPSA) is 34.1 Å². The van der Waals surface area contributed by atoms with Gasteiger partial charge in [-0.25, -0.2) is 8.42 Å². The minimum atomic E-state index is -2.73. The van der Waals surface area contributed by atoms with Crippen molar-refractivity contribution < 1.29 is 8.42 Å². The summed E-state index contributed by atoms with van der Waals surface area (Å²) in [5.41, 5.74) is 0. The number of hydrogen-bond acceptors (Lipinski definition) is 2. The van der Waals surface area contributed by atoms with Crippen molar-refractivity contribution in [3.05, 3.63) is 0 Å². The van der Waals surface area contributed by atoms with Crippen LogP contribution in [0.1, 0.15) is 58.8 Å². The molecule has 0 heterocycles. The Morgan fingerprint density at radius 3 is 1.79 bits per heavy atom. The van der Waals surface area contributed by atoms with Crippen molar-refractivity contribution in [2.45, 2.75) is 58.8 Å². The van der Waals surface area contributed by atoms with E-state index in [1.165, 1.54) is 19.3 Å². The molecule has 0 aromatic heterocycles. The van der Waals surface area contributed by atoms with Gasteiger partial charge in [-0.2, -0.15) is 0 Å². The van der Waals surface area contributed by atoms with E-state index < -0.39 is 9.84 Å². The molecule has 0 atom stereocenters. The molecule has 86 valence electrons. The minimum Gasteiger partial charge on any atom is -0.229 e. The van der Waals surface area contributed by atoms with E-state index in [0.29, 0.717) is 11.5 Å². The van der Waals surface area contributed by atoms with Crippen LogP contribution in [0.25, 0.3) is 0 Å². The molecule has 0 unspecified atom stereocenters. The molecule has 0 aliphatic rings. The summed E-state index contributed by atoms with van der Waals surface area (Å²) < 4.78 is 22.8. The molecule has 0 aliphatic heterocycles. The maximum absolute atomic E-state index is 11.4. The fraction of sp³-hybridized carbons (Fsp3) is 1.00. The van der Waals surface area contributed by atoms with Gasteiger partial charge in [0.15, 0.2) is 0 Å². The summed E-state index contributed by atoms with van der Waals surface area (Å²) in [5, 5.41) is 0. The fourth-order valence-corrected chi connectivity index (χ4v) is 2.97. The second-order valence-electron chi connectivity index (χ2n) is 3.92. The molecular formula is C11H24O2S. The van der Waals surface area contributed by atoms with Crippen LogP contribution in [0.2, 0.25) is 0 Å². The van der Waals surface area contributed by atoms with Gasteiger partial charge in [-0.05, 0) is 12.8 Å². The van der Waals surface area contributed by atoms with Gasteiger partial charge in [0, 0.05) is 0 Å². The summed E-state index contributed by atoms with van der Waals surface area (Å²) in [4.78, 5) is 0. The van der Waals surface area contributed by atoms with Crippen LogP contribution in [0.4, 0.5) is 0 Å². The summed E-state index contributed by atoms with van der Waals surface area (Å²) in [6, 6.07) is 0. The van der Waals surface area contributed by atoms with E-state index in [2.05, 4.69) is 6.92 Å². The molecule has 0 saturated heterocycles. The average Bonchev–Trinajstić information content (AvgIpc) is 2.15. The first kappa shape index (κ1) is 13.9. The van der Waals surface area contributed by atoms with Crippen molar-refractivity contribution in [1.29, 1.82) is 0 Å². The van der Waals surface area contributed by atoms with Crippen LogP contribution in [0.3, 0.4) is 0 Å². The Bertz CT molecular complexity index is 207. The SMILES string of the molecule is CCCCCCCS(=O)(=O)CCCC. The zero-order chi connectivity index (χ0) is 10.9. The third-order valence-corrected chi connectivity index (χ3v) is 4.19. The van der Waals surface area contributed by atoms with Crippen molar-refractivity contribution in [3.8, 4) is 0 Å². The van der Waals surface area contributed by atoms with Crippen molar-refractivity contribution in [2.75, 3.05) is 11.5 Å². The molecule has 0 rings (SSSR count). The summed E-state index contributed by atoms with van der Waals surface area (Å²) in [6.45, 7) is 4.19. The summed E-state index contributed by atoms with van der Waals surface area (Å²) in [6.07, 6.45) is 7.33. The standard InChI is InChI=1S/C11H24O2S/c1-3-5-7-8-9-11-14(12,13)10-6-4-2/h3-11H2,1-2H3. The summed E-state index contributed by atoms with van der Waals surface area (Å²) >= 11 is 0. The Kier molecular flexibility index (Phi) is 8.24. The lowest BCUT2D eigenvalue weighted by Gasteiger charge is -2.02. The van der Waals surface area contributed by atoms with E-state index in [-0.39, 0.29) is 0 Å². The third-order valence-electron chi connectivity index (χ3n) is 2.37. The van der Waals surface area contributed by atoms with Crippen LogP contribution < -0.4 is 0 Å². The van der Waals surface area contributed by atoms with Crippen LogP contribution in [0.15, 0.2) is 0 Å². The first-order chi connectivity index (χ1) is 6.62. The van der Waals surface area contributed by atoms with Crippen molar-refractivity contribution in [3.63, 3.8) is 0 Å². The molecule has 0 spiro atoms. The van der Waals surface area contributed by atoms with Crippen LogP contribution in [-0.4, -0.2) is 19.9 Å². The van der Waals surface area contributed by atoms with E-state index in [1.807, 2.05) is 6.92 Å². The van der Waals surface area contributed by atoms with Crippen molar-refractivity contribution in [2.24, 2.45) is 0 Å². The maximum atomic E-state index is 11.4. The zero-order valence-corrected chi connectivity index (χ0v) is 10.4. The maximum Gasteiger partial charge on any atom is 0.150 e. The van der Waals surface area contributed by atoms with Gasteiger partial charge in [-0.15, -0.1) is 0 Å². The van der Waals surface area contributed by atoms with E-state index in [0.717, 1.165) is 25.7 Å². The molecule has 0 fully saturated rings. The number of hydrogen-bond donors (Lipinski definition) is 0. The van der Waals surface area contributed by atoms with Crippen LogP contribution in [0, 0.1) is 0 Å². The van der Waals surface area contributed by atoms with Gasteiger partial charge in [0.25, 0.3) is 0 Å². The molecule has 14 heavy (non-hydrogen) atoms. The highest BCUT2D eigenvalue weighted by atomic mass is 32.2. The smallest absolute Gasteiger partial charge is 0.150 e. The van der Waals surface area contributed by atoms with Gasteiger partial charge < -0.3 is 0 Å². The quantitative estimate of drug-likeness (QED) is 0.559. The zero-order valence-electron chi connectivity index (χ0n) is 9.59. The molecular weight excluding hydrogens is 196 g/mol. The van der Waals surface area contributed by atoms with E-state index in [4.69, 9.17) is 0 Å². The largest absolute Gasteiger partial charge is 0.229 e. The molecule has 0 aromatic carbocycles. The van der Waals surface area contributed by atoms with Crippen LogP contribution in [0.5, 0.6) is 0 Å². The lowest BCUT2D eigenvalue weighted by molar-refractivity contribution is 0.583. The third kappa shape index (κ3) is 8.54. The molecule has 0 bridgehead atoms. The molecule has 0 aromatic rings. The molecule has 0 amide bonds. The molecule has 3 heteroatoms. The van der Waals surface area contributed by atoms with E-state index in [1.54, 1.807) is 0 Å². The lowest BCUT2D eigenvalue weighted by Crippen LogP contribution is -2.10. The predicted octanol–water partition coefficient (Wildman–Crippen LogP) is 3.17. The van der Waals surface area contributed by atoms with Crippen LogP contribution in [-0.2, 0) is 9.84 Å². The molecule has 0 N–H and O–H groups in total. The Hall–Kier alpha value is -0.0500. The number of rotatable bonds is 9.